The number of benzene rings is 1. The molecule has 0 bridgehead atoms. The van der Waals surface area contributed by atoms with Crippen molar-refractivity contribution in [3.63, 3.8) is 0 Å². The third-order valence-corrected chi connectivity index (χ3v) is 7.73. The summed E-state index contributed by atoms with van der Waals surface area (Å²) >= 11 is 9.75. The molecule has 1 N–H and O–H groups in total. The summed E-state index contributed by atoms with van der Waals surface area (Å²) in [6, 6.07) is 11.9. The van der Waals surface area contributed by atoms with Crippen molar-refractivity contribution in [1.29, 1.82) is 0 Å². The minimum atomic E-state index is -0.0446. The van der Waals surface area contributed by atoms with E-state index < -0.39 is 0 Å². The molecule has 1 aliphatic rings. The van der Waals surface area contributed by atoms with Crippen LogP contribution >= 0.6 is 34.3 Å². The van der Waals surface area contributed by atoms with E-state index in [2.05, 4.69) is 30.1 Å². The molecule has 4 rings (SSSR count). The van der Waals surface area contributed by atoms with E-state index in [0.717, 1.165) is 33.6 Å². The van der Waals surface area contributed by atoms with Crippen LogP contribution in [0.5, 0.6) is 0 Å². The first kappa shape index (κ1) is 19.6. The number of thiophene rings is 2. The van der Waals surface area contributed by atoms with Gasteiger partial charge in [0.15, 0.2) is 0 Å². The van der Waals surface area contributed by atoms with Crippen molar-refractivity contribution in [3.05, 3.63) is 73.2 Å². The predicted molar refractivity (Wildman–Crippen MR) is 120 cm³/mol. The van der Waals surface area contributed by atoms with E-state index >= 15 is 0 Å². The molecule has 1 atom stereocenters. The van der Waals surface area contributed by atoms with E-state index in [-0.39, 0.29) is 11.9 Å². The van der Waals surface area contributed by atoms with Crippen LogP contribution in [0.4, 0.5) is 5.00 Å². The molecule has 2 aromatic heterocycles. The van der Waals surface area contributed by atoms with Gasteiger partial charge in [-0.3, -0.25) is 9.69 Å². The van der Waals surface area contributed by atoms with Gasteiger partial charge in [-0.05, 0) is 68.4 Å². The number of carbonyl (C=O) groups excluding carboxylic acids is 1. The lowest BCUT2D eigenvalue weighted by molar-refractivity contribution is 0.103. The lowest BCUT2D eigenvalue weighted by Gasteiger charge is -2.30. The van der Waals surface area contributed by atoms with Crippen molar-refractivity contribution >= 4 is 45.2 Å². The standard InChI is InChI=1S/C22H23ClN2OS2/c1-14-15(2)28-22(24-21(26)18-10-7-13-27-18)19(14)20(25-11-5-6-12-25)16-8-3-4-9-17(16)23/h3-4,7-10,13,20H,5-6,11-12H2,1-2H3,(H,24,26)/t20-/m1/s1. The number of nitrogens with zero attached hydrogens (tertiary/aromatic N) is 1. The number of amides is 1. The second-order valence-electron chi connectivity index (χ2n) is 7.12. The number of hydrogen-bond donors (Lipinski definition) is 1. The Bertz CT molecular complexity index is 975. The third kappa shape index (κ3) is 3.77. The maximum Gasteiger partial charge on any atom is 0.266 e. The SMILES string of the molecule is Cc1sc(NC(=O)c2cccs2)c([C@@H](c2ccccc2Cl)N2CCCC2)c1C. The molecule has 0 saturated carbocycles. The molecule has 6 heteroatoms. The van der Waals surface area contributed by atoms with Gasteiger partial charge >= 0.3 is 0 Å². The summed E-state index contributed by atoms with van der Waals surface area (Å²) in [4.78, 5) is 17.2. The summed E-state index contributed by atoms with van der Waals surface area (Å²) in [5.41, 5.74) is 3.53. The Labute approximate surface area is 179 Å². The van der Waals surface area contributed by atoms with Crippen LogP contribution in [0.1, 0.15) is 50.1 Å². The van der Waals surface area contributed by atoms with Crippen LogP contribution in [0.3, 0.4) is 0 Å². The number of halogens is 1. The van der Waals surface area contributed by atoms with Gasteiger partial charge in [0, 0.05) is 15.5 Å². The Morgan fingerprint density at radius 1 is 1.14 bits per heavy atom. The van der Waals surface area contributed by atoms with Crippen LogP contribution in [-0.4, -0.2) is 23.9 Å². The number of aryl methyl sites for hydroxylation is 1. The maximum absolute atomic E-state index is 12.8. The lowest BCUT2D eigenvalue weighted by atomic mass is 9.95. The molecule has 28 heavy (non-hydrogen) atoms. The average molecular weight is 431 g/mol. The molecule has 1 aromatic carbocycles. The minimum absolute atomic E-state index is 0.0446. The number of rotatable bonds is 5. The largest absolute Gasteiger partial charge is 0.313 e. The summed E-state index contributed by atoms with van der Waals surface area (Å²) < 4.78 is 0. The topological polar surface area (TPSA) is 32.3 Å². The molecule has 0 spiro atoms. The monoisotopic (exact) mass is 430 g/mol. The van der Waals surface area contributed by atoms with E-state index in [1.807, 2.05) is 35.7 Å². The maximum atomic E-state index is 12.8. The molecular weight excluding hydrogens is 408 g/mol. The average Bonchev–Trinajstić information content (AvgIpc) is 3.43. The zero-order chi connectivity index (χ0) is 19.7. The third-order valence-electron chi connectivity index (χ3n) is 5.38. The van der Waals surface area contributed by atoms with Crippen molar-refractivity contribution in [2.75, 3.05) is 18.4 Å². The normalized spacial score (nSPS) is 15.7. The van der Waals surface area contributed by atoms with Gasteiger partial charge in [-0.15, -0.1) is 22.7 Å². The highest BCUT2D eigenvalue weighted by atomic mass is 35.5. The van der Waals surface area contributed by atoms with Gasteiger partial charge in [0.2, 0.25) is 0 Å². The summed E-state index contributed by atoms with van der Waals surface area (Å²) in [5, 5.41) is 6.83. The number of carbonyl (C=O) groups is 1. The van der Waals surface area contributed by atoms with Gasteiger partial charge < -0.3 is 5.32 Å². The predicted octanol–water partition coefficient (Wildman–Crippen LogP) is 6.52. The first-order valence-corrected chi connectivity index (χ1v) is 11.6. The number of hydrogen-bond acceptors (Lipinski definition) is 4. The molecule has 0 radical (unpaired) electrons. The molecule has 1 saturated heterocycles. The first-order chi connectivity index (χ1) is 13.6. The molecule has 146 valence electrons. The second kappa shape index (κ2) is 8.37. The van der Waals surface area contributed by atoms with Gasteiger partial charge in [0.1, 0.15) is 5.00 Å². The highest BCUT2D eigenvalue weighted by Crippen LogP contribution is 2.44. The molecule has 1 amide bonds. The Kier molecular flexibility index (Phi) is 5.88. The zero-order valence-corrected chi connectivity index (χ0v) is 18.4. The van der Waals surface area contributed by atoms with Gasteiger partial charge in [0.05, 0.1) is 10.9 Å². The number of nitrogens with one attached hydrogen (secondary N) is 1. The molecule has 0 unspecified atom stereocenters. The zero-order valence-electron chi connectivity index (χ0n) is 16.0. The Hall–Kier alpha value is -1.66. The highest BCUT2D eigenvalue weighted by Gasteiger charge is 2.32. The fraction of sp³-hybridized carbons (Fsp3) is 0.318. The highest BCUT2D eigenvalue weighted by molar-refractivity contribution is 7.17. The van der Waals surface area contributed by atoms with Crippen molar-refractivity contribution in [2.24, 2.45) is 0 Å². The summed E-state index contributed by atoms with van der Waals surface area (Å²) in [6.45, 7) is 6.37. The van der Waals surface area contributed by atoms with Gasteiger partial charge in [-0.1, -0.05) is 35.9 Å². The van der Waals surface area contributed by atoms with Gasteiger partial charge in [-0.2, -0.15) is 0 Å². The van der Waals surface area contributed by atoms with E-state index in [0.29, 0.717) is 0 Å². The molecular formula is C22H23ClN2OS2. The summed E-state index contributed by atoms with van der Waals surface area (Å²) in [6.07, 6.45) is 2.39. The van der Waals surface area contributed by atoms with Crippen molar-refractivity contribution < 1.29 is 4.79 Å². The molecule has 1 aliphatic heterocycles. The van der Waals surface area contributed by atoms with Crippen molar-refractivity contribution in [3.8, 4) is 0 Å². The second-order valence-corrected chi connectivity index (χ2v) is 9.70. The van der Waals surface area contributed by atoms with Crippen LogP contribution in [0.15, 0.2) is 41.8 Å². The molecule has 1 fully saturated rings. The smallest absolute Gasteiger partial charge is 0.266 e. The number of anilines is 1. The first-order valence-electron chi connectivity index (χ1n) is 9.49. The van der Waals surface area contributed by atoms with Crippen LogP contribution in [0, 0.1) is 13.8 Å². The molecule has 3 aromatic rings. The van der Waals surface area contributed by atoms with Crippen molar-refractivity contribution in [1.82, 2.24) is 4.90 Å². The van der Waals surface area contributed by atoms with Gasteiger partial charge in [0.25, 0.3) is 5.91 Å². The number of likely N-dealkylation sites (tertiary alicyclic amines) is 1. The van der Waals surface area contributed by atoms with Crippen molar-refractivity contribution in [2.45, 2.75) is 32.7 Å². The van der Waals surface area contributed by atoms with E-state index in [1.165, 1.54) is 40.2 Å². The molecule has 0 aliphatic carbocycles. The van der Waals surface area contributed by atoms with Gasteiger partial charge in [-0.25, -0.2) is 0 Å². The van der Waals surface area contributed by atoms with E-state index in [4.69, 9.17) is 11.6 Å². The molecule has 3 nitrogen and oxygen atoms in total. The van der Waals surface area contributed by atoms with Crippen LogP contribution in [0.2, 0.25) is 5.02 Å². The summed E-state index contributed by atoms with van der Waals surface area (Å²) in [7, 11) is 0. The Morgan fingerprint density at radius 2 is 1.89 bits per heavy atom. The quantitative estimate of drug-likeness (QED) is 0.499. The fourth-order valence-electron chi connectivity index (χ4n) is 3.87. The molecule has 3 heterocycles. The Balaban J connectivity index is 1.80. The van der Waals surface area contributed by atoms with Crippen LogP contribution in [0.25, 0.3) is 0 Å². The van der Waals surface area contributed by atoms with E-state index in [1.54, 1.807) is 11.3 Å². The lowest BCUT2D eigenvalue weighted by Crippen LogP contribution is -2.28. The fourth-order valence-corrected chi connectivity index (χ4v) is 5.82. The summed E-state index contributed by atoms with van der Waals surface area (Å²) in [5.74, 6) is -0.0446. The Morgan fingerprint density at radius 3 is 2.57 bits per heavy atom. The van der Waals surface area contributed by atoms with Crippen LogP contribution in [-0.2, 0) is 0 Å². The van der Waals surface area contributed by atoms with Crippen LogP contribution < -0.4 is 5.32 Å². The minimum Gasteiger partial charge on any atom is -0.313 e. The van der Waals surface area contributed by atoms with E-state index in [9.17, 15) is 4.79 Å².